The summed E-state index contributed by atoms with van der Waals surface area (Å²) in [4.78, 5) is 24.8. The lowest BCUT2D eigenvalue weighted by Gasteiger charge is -2.17. The predicted octanol–water partition coefficient (Wildman–Crippen LogP) is 3.16. The second-order valence-corrected chi connectivity index (χ2v) is 4.50. The maximum Gasteiger partial charge on any atom is 0.198 e. The molecule has 0 fully saturated rings. The fourth-order valence-electron chi connectivity index (χ4n) is 2.38. The topological polar surface area (TPSA) is 43.4 Å². The van der Waals surface area contributed by atoms with Gasteiger partial charge in [0.05, 0.1) is 12.7 Å². The van der Waals surface area contributed by atoms with Gasteiger partial charge in [-0.25, -0.2) is 0 Å². The van der Waals surface area contributed by atoms with E-state index in [2.05, 4.69) is 0 Å². The van der Waals surface area contributed by atoms with Gasteiger partial charge in [-0.2, -0.15) is 0 Å². The van der Waals surface area contributed by atoms with Crippen LogP contribution in [0.15, 0.2) is 54.6 Å². The van der Waals surface area contributed by atoms with Crippen molar-refractivity contribution in [2.45, 2.75) is 0 Å². The molecule has 0 atom stereocenters. The summed E-state index contributed by atoms with van der Waals surface area (Å²) in [7, 11) is 1.49. The van der Waals surface area contributed by atoms with Crippen LogP contribution in [-0.2, 0) is 0 Å². The van der Waals surface area contributed by atoms with E-state index in [1.807, 2.05) is 30.3 Å². The van der Waals surface area contributed by atoms with Gasteiger partial charge in [0.25, 0.3) is 0 Å². The molecule has 0 N–H and O–H groups in total. The third-order valence-electron chi connectivity index (χ3n) is 3.34. The van der Waals surface area contributed by atoms with Crippen molar-refractivity contribution in [3.05, 3.63) is 71.3 Å². The normalized spacial score (nSPS) is 13.8. The van der Waals surface area contributed by atoms with Gasteiger partial charge in [-0.15, -0.1) is 0 Å². The molecule has 2 aromatic rings. The molecule has 0 saturated carbocycles. The van der Waals surface area contributed by atoms with E-state index >= 15 is 0 Å². The number of hydrogen-bond acceptors (Lipinski definition) is 3. The van der Waals surface area contributed by atoms with Gasteiger partial charge in [0.1, 0.15) is 5.75 Å². The molecule has 0 aromatic heterocycles. The Morgan fingerprint density at radius 2 is 1.65 bits per heavy atom. The molecule has 0 radical (unpaired) electrons. The molecule has 3 nitrogen and oxygen atoms in total. The van der Waals surface area contributed by atoms with Crippen molar-refractivity contribution in [2.75, 3.05) is 7.11 Å². The zero-order valence-corrected chi connectivity index (χ0v) is 10.9. The average molecular weight is 264 g/mol. The summed E-state index contributed by atoms with van der Waals surface area (Å²) in [5.41, 5.74) is 1.89. The third kappa shape index (κ3) is 1.84. The molecule has 3 rings (SSSR count). The Hall–Kier alpha value is -2.68. The van der Waals surface area contributed by atoms with Gasteiger partial charge < -0.3 is 4.74 Å². The first-order valence-electron chi connectivity index (χ1n) is 6.25. The number of carbonyl (C=O) groups excluding carboxylic acids is 2. The molecule has 3 heteroatoms. The van der Waals surface area contributed by atoms with Crippen LogP contribution in [0.3, 0.4) is 0 Å². The Morgan fingerprint density at radius 1 is 0.900 bits per heavy atom. The Bertz CT molecular complexity index is 727. The molecule has 2 aromatic carbocycles. The number of carbonyl (C=O) groups is 2. The van der Waals surface area contributed by atoms with Gasteiger partial charge in [-0.05, 0) is 17.7 Å². The van der Waals surface area contributed by atoms with Crippen molar-refractivity contribution in [2.24, 2.45) is 0 Å². The molecule has 98 valence electrons. The predicted molar refractivity (Wildman–Crippen MR) is 76.1 cm³/mol. The first-order valence-corrected chi connectivity index (χ1v) is 6.25. The molecule has 1 aliphatic carbocycles. The van der Waals surface area contributed by atoms with Gasteiger partial charge in [-0.1, -0.05) is 42.5 Å². The van der Waals surface area contributed by atoms with Gasteiger partial charge in [0, 0.05) is 11.1 Å². The number of ketones is 2. The summed E-state index contributed by atoms with van der Waals surface area (Å²) in [6.45, 7) is 0. The van der Waals surface area contributed by atoms with E-state index in [9.17, 15) is 9.59 Å². The van der Waals surface area contributed by atoms with Gasteiger partial charge in [0.2, 0.25) is 0 Å². The maximum atomic E-state index is 12.6. The highest BCUT2D eigenvalue weighted by molar-refractivity contribution is 6.39. The largest absolute Gasteiger partial charge is 0.496 e. The fourth-order valence-corrected chi connectivity index (χ4v) is 2.38. The molecule has 0 aliphatic heterocycles. The number of Topliss-reactive ketones (excluding diaryl/α,β-unsaturated/α-hetero) is 1. The van der Waals surface area contributed by atoms with Crippen molar-refractivity contribution in [1.82, 2.24) is 0 Å². The first kappa shape index (κ1) is 12.4. The standard InChI is InChI=1S/C17H12O3/c1-20-15-9-5-8-12-14(18)10-13(17(19)16(12)15)11-6-3-2-4-7-11/h2-10H,1H3. The Labute approximate surface area is 116 Å². The van der Waals surface area contributed by atoms with Crippen LogP contribution in [0.2, 0.25) is 0 Å². The third-order valence-corrected chi connectivity index (χ3v) is 3.34. The molecule has 0 spiro atoms. The summed E-state index contributed by atoms with van der Waals surface area (Å²) in [5, 5.41) is 0. The second-order valence-electron chi connectivity index (χ2n) is 4.50. The van der Waals surface area contributed by atoms with E-state index in [0.717, 1.165) is 5.56 Å². The lowest BCUT2D eigenvalue weighted by Crippen LogP contribution is -2.17. The molecular weight excluding hydrogens is 252 g/mol. The molecule has 0 amide bonds. The zero-order chi connectivity index (χ0) is 14.1. The molecule has 0 unspecified atom stereocenters. The zero-order valence-electron chi connectivity index (χ0n) is 10.9. The number of fused-ring (bicyclic) bond motifs is 1. The molecule has 0 bridgehead atoms. The highest BCUT2D eigenvalue weighted by Crippen LogP contribution is 2.33. The number of ether oxygens (including phenoxy) is 1. The Morgan fingerprint density at radius 3 is 2.35 bits per heavy atom. The van der Waals surface area contributed by atoms with Crippen LogP contribution in [-0.4, -0.2) is 18.7 Å². The van der Waals surface area contributed by atoms with Gasteiger partial charge in [0.15, 0.2) is 11.6 Å². The monoisotopic (exact) mass is 264 g/mol. The number of methoxy groups -OCH3 is 1. The SMILES string of the molecule is COc1cccc2c1C(=O)C(c1ccccc1)=CC2=O. The van der Waals surface area contributed by atoms with Crippen molar-refractivity contribution < 1.29 is 14.3 Å². The number of hydrogen-bond donors (Lipinski definition) is 0. The molecule has 1 aliphatic rings. The van der Waals surface area contributed by atoms with Gasteiger partial charge in [-0.3, -0.25) is 9.59 Å². The highest BCUT2D eigenvalue weighted by Gasteiger charge is 2.29. The van der Waals surface area contributed by atoms with Crippen LogP contribution in [0, 0.1) is 0 Å². The van der Waals surface area contributed by atoms with Crippen LogP contribution >= 0.6 is 0 Å². The summed E-state index contributed by atoms with van der Waals surface area (Å²) >= 11 is 0. The van der Waals surface area contributed by atoms with E-state index in [-0.39, 0.29) is 11.6 Å². The quantitative estimate of drug-likeness (QED) is 0.836. The van der Waals surface area contributed by atoms with Crippen LogP contribution < -0.4 is 4.74 Å². The minimum Gasteiger partial charge on any atom is -0.496 e. The second kappa shape index (κ2) is 4.78. The molecule has 0 heterocycles. The lowest BCUT2D eigenvalue weighted by molar-refractivity contribution is 0.0999. The summed E-state index contributed by atoms with van der Waals surface area (Å²) in [5.74, 6) is 0.0861. The van der Waals surface area contributed by atoms with E-state index in [1.165, 1.54) is 13.2 Å². The van der Waals surface area contributed by atoms with Crippen molar-refractivity contribution >= 4 is 17.1 Å². The van der Waals surface area contributed by atoms with Crippen LogP contribution in [0.25, 0.3) is 5.57 Å². The summed E-state index contributed by atoms with van der Waals surface area (Å²) < 4.78 is 5.22. The molecule has 0 saturated heterocycles. The van der Waals surface area contributed by atoms with E-state index in [0.29, 0.717) is 22.4 Å². The minimum atomic E-state index is -0.178. The number of allylic oxidation sites excluding steroid dienone is 2. The highest BCUT2D eigenvalue weighted by atomic mass is 16.5. The number of benzene rings is 2. The summed E-state index contributed by atoms with van der Waals surface area (Å²) in [6.07, 6.45) is 1.40. The maximum absolute atomic E-state index is 12.6. The van der Waals surface area contributed by atoms with E-state index in [4.69, 9.17) is 4.74 Å². The Balaban J connectivity index is 2.19. The molecule has 20 heavy (non-hydrogen) atoms. The van der Waals surface area contributed by atoms with E-state index in [1.54, 1.807) is 18.2 Å². The summed E-state index contributed by atoms with van der Waals surface area (Å²) in [6, 6.07) is 14.2. The first-order chi connectivity index (χ1) is 9.72. The average Bonchev–Trinajstić information content (AvgIpc) is 2.51. The Kier molecular flexibility index (Phi) is 2.95. The fraction of sp³-hybridized carbons (Fsp3) is 0.0588. The van der Waals surface area contributed by atoms with E-state index < -0.39 is 0 Å². The van der Waals surface area contributed by atoms with Crippen LogP contribution in [0.1, 0.15) is 26.3 Å². The smallest absolute Gasteiger partial charge is 0.198 e. The van der Waals surface area contributed by atoms with Crippen LogP contribution in [0.4, 0.5) is 0 Å². The van der Waals surface area contributed by atoms with Crippen molar-refractivity contribution in [3.63, 3.8) is 0 Å². The van der Waals surface area contributed by atoms with Crippen molar-refractivity contribution in [3.8, 4) is 5.75 Å². The number of rotatable bonds is 2. The molecular formula is C17H12O3. The lowest BCUT2D eigenvalue weighted by atomic mass is 9.86. The van der Waals surface area contributed by atoms with Crippen molar-refractivity contribution in [1.29, 1.82) is 0 Å². The van der Waals surface area contributed by atoms with Gasteiger partial charge >= 0.3 is 0 Å². The minimum absolute atomic E-state index is 0.169. The van der Waals surface area contributed by atoms with Crippen LogP contribution in [0.5, 0.6) is 5.75 Å².